The lowest BCUT2D eigenvalue weighted by atomic mass is 10.1. The standard InChI is InChI=1S/C30H31ClF3N3O4S/c1-41-18-4-16-37(42(39,40)26-13-11-25(31)12-14-26)21-29(38)36(20-22-7-9-24(10-8-22)30(32,33)34)17-15-23-19-35-28-6-3-2-5-27(23)28/h2-3,5-14,19,35H,4,15-18,20-21H2,1H3. The van der Waals surface area contributed by atoms with Crippen LogP contribution >= 0.6 is 11.6 Å². The summed E-state index contributed by atoms with van der Waals surface area (Å²) in [6.07, 6.45) is -1.83. The van der Waals surface area contributed by atoms with E-state index < -0.39 is 34.2 Å². The minimum Gasteiger partial charge on any atom is -0.385 e. The Balaban J connectivity index is 1.60. The Morgan fingerprint density at radius 2 is 1.67 bits per heavy atom. The van der Waals surface area contributed by atoms with E-state index in [9.17, 15) is 26.4 Å². The molecule has 0 aliphatic heterocycles. The molecule has 1 aromatic heterocycles. The summed E-state index contributed by atoms with van der Waals surface area (Å²) in [5.41, 5.74) is 1.59. The Morgan fingerprint density at radius 3 is 2.33 bits per heavy atom. The van der Waals surface area contributed by atoms with Gasteiger partial charge in [-0.3, -0.25) is 4.79 Å². The quantitative estimate of drug-likeness (QED) is 0.182. The van der Waals surface area contributed by atoms with Gasteiger partial charge in [0.05, 0.1) is 17.0 Å². The molecule has 1 amide bonds. The molecule has 7 nitrogen and oxygen atoms in total. The van der Waals surface area contributed by atoms with Gasteiger partial charge in [0.25, 0.3) is 0 Å². The first-order chi connectivity index (χ1) is 20.0. The summed E-state index contributed by atoms with van der Waals surface area (Å²) >= 11 is 5.94. The Hall–Kier alpha value is -3.38. The smallest absolute Gasteiger partial charge is 0.385 e. The van der Waals surface area contributed by atoms with Crippen LogP contribution in [0.4, 0.5) is 13.2 Å². The number of H-pyrrole nitrogens is 1. The van der Waals surface area contributed by atoms with Gasteiger partial charge in [-0.05, 0) is 66.4 Å². The zero-order valence-corrected chi connectivity index (χ0v) is 24.5. The van der Waals surface area contributed by atoms with Crippen LogP contribution in [0.5, 0.6) is 0 Å². The van der Waals surface area contributed by atoms with Crippen molar-refractivity contribution in [2.75, 3.05) is 33.4 Å². The average Bonchev–Trinajstić information content (AvgIpc) is 3.37. The van der Waals surface area contributed by atoms with Crippen LogP contribution in [0.15, 0.2) is 83.9 Å². The SMILES string of the molecule is COCCCN(CC(=O)N(CCc1c[nH]c2ccccc12)Cc1ccc(C(F)(F)F)cc1)S(=O)(=O)c1ccc(Cl)cc1. The zero-order chi connectivity index (χ0) is 30.3. The van der Waals surface area contributed by atoms with E-state index in [-0.39, 0.29) is 31.1 Å². The van der Waals surface area contributed by atoms with E-state index >= 15 is 0 Å². The molecule has 0 atom stereocenters. The third-order valence-corrected chi connectivity index (χ3v) is 8.96. The van der Waals surface area contributed by atoms with Gasteiger partial charge in [-0.1, -0.05) is 41.9 Å². The number of ether oxygens (including phenoxy) is 1. The highest BCUT2D eigenvalue weighted by atomic mass is 35.5. The molecule has 4 rings (SSSR count). The second kappa shape index (κ2) is 13.7. The number of rotatable bonds is 13. The average molecular weight is 622 g/mol. The van der Waals surface area contributed by atoms with Gasteiger partial charge in [0.15, 0.2) is 0 Å². The van der Waals surface area contributed by atoms with E-state index in [1.54, 1.807) is 0 Å². The summed E-state index contributed by atoms with van der Waals surface area (Å²) < 4.78 is 72.6. The lowest BCUT2D eigenvalue weighted by molar-refractivity contribution is -0.137. The molecule has 0 spiro atoms. The molecule has 0 aliphatic carbocycles. The van der Waals surface area contributed by atoms with Crippen molar-refractivity contribution >= 4 is 38.4 Å². The maximum atomic E-state index is 13.8. The molecule has 12 heteroatoms. The number of nitrogens with zero attached hydrogens (tertiary/aromatic N) is 2. The molecule has 1 heterocycles. The maximum Gasteiger partial charge on any atom is 0.416 e. The fraction of sp³-hybridized carbons (Fsp3) is 0.300. The van der Waals surface area contributed by atoms with Gasteiger partial charge >= 0.3 is 6.18 Å². The number of nitrogens with one attached hydrogen (secondary N) is 1. The molecule has 0 bridgehead atoms. The third-order valence-electron chi connectivity index (χ3n) is 6.85. The van der Waals surface area contributed by atoms with Gasteiger partial charge in [-0.15, -0.1) is 0 Å². The number of aromatic amines is 1. The molecule has 0 aliphatic rings. The van der Waals surface area contributed by atoms with E-state index in [0.29, 0.717) is 23.4 Å². The van der Waals surface area contributed by atoms with Crippen LogP contribution in [0.3, 0.4) is 0 Å². The highest BCUT2D eigenvalue weighted by Crippen LogP contribution is 2.29. The molecule has 0 unspecified atom stereocenters. The van der Waals surface area contributed by atoms with Gasteiger partial charge in [0.1, 0.15) is 0 Å². The fourth-order valence-electron chi connectivity index (χ4n) is 4.58. The number of methoxy groups -OCH3 is 1. The largest absolute Gasteiger partial charge is 0.416 e. The number of para-hydroxylation sites is 1. The lowest BCUT2D eigenvalue weighted by Crippen LogP contribution is -2.43. The first-order valence-corrected chi connectivity index (χ1v) is 15.0. The first-order valence-electron chi connectivity index (χ1n) is 13.2. The van der Waals surface area contributed by atoms with Crippen LogP contribution < -0.4 is 0 Å². The normalized spacial score (nSPS) is 12.2. The minimum absolute atomic E-state index is 0.00618. The third kappa shape index (κ3) is 7.91. The first kappa shape index (κ1) is 31.6. The highest BCUT2D eigenvalue weighted by Gasteiger charge is 2.31. The number of halogens is 4. The van der Waals surface area contributed by atoms with Crippen molar-refractivity contribution in [2.24, 2.45) is 0 Å². The Morgan fingerprint density at radius 1 is 0.976 bits per heavy atom. The summed E-state index contributed by atoms with van der Waals surface area (Å²) in [6, 6.07) is 18.0. The number of amides is 1. The van der Waals surface area contributed by atoms with E-state index in [2.05, 4.69) is 4.98 Å². The summed E-state index contributed by atoms with van der Waals surface area (Å²) in [4.78, 5) is 18.4. The second-order valence-electron chi connectivity index (χ2n) is 9.76. The minimum atomic E-state index is -4.48. The molecule has 42 heavy (non-hydrogen) atoms. The number of carbonyl (C=O) groups excluding carboxylic acids is 1. The van der Waals surface area contributed by atoms with Crippen molar-refractivity contribution in [2.45, 2.75) is 30.5 Å². The van der Waals surface area contributed by atoms with Crippen LogP contribution in [0.1, 0.15) is 23.1 Å². The molecule has 3 aromatic carbocycles. The summed E-state index contributed by atoms with van der Waals surface area (Å²) in [5, 5.41) is 1.36. The van der Waals surface area contributed by atoms with E-state index in [1.807, 2.05) is 30.5 Å². The Labute approximate surface area is 247 Å². The van der Waals surface area contributed by atoms with Crippen molar-refractivity contribution in [1.82, 2.24) is 14.2 Å². The van der Waals surface area contributed by atoms with Crippen LogP contribution in [0, 0.1) is 0 Å². The van der Waals surface area contributed by atoms with Gasteiger partial charge < -0.3 is 14.6 Å². The van der Waals surface area contributed by atoms with Gasteiger partial charge in [0.2, 0.25) is 15.9 Å². The van der Waals surface area contributed by atoms with E-state index in [0.717, 1.165) is 32.9 Å². The predicted molar refractivity (Wildman–Crippen MR) is 156 cm³/mol. The lowest BCUT2D eigenvalue weighted by Gasteiger charge is -2.27. The zero-order valence-electron chi connectivity index (χ0n) is 22.9. The molecule has 224 valence electrons. The fourth-order valence-corrected chi connectivity index (χ4v) is 6.14. The molecular weight excluding hydrogens is 591 g/mol. The van der Waals surface area contributed by atoms with Gasteiger partial charge in [-0.2, -0.15) is 17.5 Å². The molecule has 0 fully saturated rings. The Kier molecular flexibility index (Phi) is 10.3. The molecule has 4 aromatic rings. The van der Waals surface area contributed by atoms with Crippen molar-refractivity contribution < 1.29 is 31.1 Å². The summed E-state index contributed by atoms with van der Waals surface area (Å²) in [6.45, 7) is 0.0851. The number of aromatic nitrogens is 1. The number of hydrogen-bond donors (Lipinski definition) is 1. The summed E-state index contributed by atoms with van der Waals surface area (Å²) in [7, 11) is -2.57. The van der Waals surface area contributed by atoms with E-state index in [4.69, 9.17) is 16.3 Å². The van der Waals surface area contributed by atoms with Crippen molar-refractivity contribution in [3.63, 3.8) is 0 Å². The topological polar surface area (TPSA) is 82.7 Å². The number of sulfonamides is 1. The van der Waals surface area contributed by atoms with Crippen LogP contribution in [0.25, 0.3) is 10.9 Å². The predicted octanol–water partition coefficient (Wildman–Crippen LogP) is 6.14. The van der Waals surface area contributed by atoms with Crippen molar-refractivity contribution in [3.8, 4) is 0 Å². The molecule has 0 saturated carbocycles. The number of carbonyl (C=O) groups is 1. The Bertz CT molecular complexity index is 1590. The number of alkyl halides is 3. The molecular formula is C30H31ClF3N3O4S. The van der Waals surface area contributed by atoms with E-state index in [1.165, 1.54) is 48.4 Å². The number of fused-ring (bicyclic) bond motifs is 1. The van der Waals surface area contributed by atoms with Crippen LogP contribution in [-0.4, -0.2) is 61.9 Å². The van der Waals surface area contributed by atoms with Gasteiger partial charge in [-0.25, -0.2) is 8.42 Å². The second-order valence-corrected chi connectivity index (χ2v) is 12.1. The molecule has 0 radical (unpaired) electrons. The molecule has 1 N–H and O–H groups in total. The monoisotopic (exact) mass is 621 g/mol. The van der Waals surface area contributed by atoms with Crippen molar-refractivity contribution in [3.05, 3.63) is 101 Å². The summed E-state index contributed by atoms with van der Waals surface area (Å²) in [5.74, 6) is -0.482. The highest BCUT2D eigenvalue weighted by molar-refractivity contribution is 7.89. The number of hydrogen-bond acceptors (Lipinski definition) is 4. The van der Waals surface area contributed by atoms with Crippen LogP contribution in [0.2, 0.25) is 5.02 Å². The van der Waals surface area contributed by atoms with Crippen LogP contribution in [-0.2, 0) is 38.7 Å². The molecule has 0 saturated heterocycles. The maximum absolute atomic E-state index is 13.8. The van der Waals surface area contributed by atoms with Gasteiger partial charge in [0, 0.05) is 55.5 Å². The van der Waals surface area contributed by atoms with Crippen molar-refractivity contribution in [1.29, 1.82) is 0 Å². The number of benzene rings is 3.